The summed E-state index contributed by atoms with van der Waals surface area (Å²) in [7, 11) is 0. The van der Waals surface area contributed by atoms with E-state index >= 15 is 0 Å². The van der Waals surface area contributed by atoms with Crippen LogP contribution in [0.3, 0.4) is 0 Å². The van der Waals surface area contributed by atoms with Crippen LogP contribution in [0.4, 0.5) is 0 Å². The predicted molar refractivity (Wildman–Crippen MR) is 89.6 cm³/mol. The molecule has 1 radical (unpaired) electrons. The van der Waals surface area contributed by atoms with Crippen molar-refractivity contribution in [2.24, 2.45) is 0 Å². The molecule has 0 aromatic rings. The fourth-order valence-corrected chi connectivity index (χ4v) is 1.11. The molecule has 0 saturated carbocycles. The summed E-state index contributed by atoms with van der Waals surface area (Å²) >= 11 is 0. The van der Waals surface area contributed by atoms with Gasteiger partial charge >= 0.3 is 34.7 Å². The van der Waals surface area contributed by atoms with Gasteiger partial charge in [-0.15, -0.1) is 0 Å². The Balaban J connectivity index is -0.000000108. The fraction of sp³-hybridized carbons (Fsp3) is 0.600. The van der Waals surface area contributed by atoms with Gasteiger partial charge in [-0.1, -0.05) is 0 Å². The third-order valence-electron chi connectivity index (χ3n) is 1.54. The maximum absolute atomic E-state index is 8.46. The third-order valence-corrected chi connectivity index (χ3v) is 1.54. The van der Waals surface area contributed by atoms with E-state index in [4.69, 9.17) is 28.8 Å². The Labute approximate surface area is 160 Å². The Morgan fingerprint density at radius 1 is 0.409 bits per heavy atom. The molecule has 0 aliphatic rings. The molecule has 0 rings (SSSR count). The van der Waals surface area contributed by atoms with E-state index in [-0.39, 0.29) is 71.6 Å². The molecule has 135 valence electrons. The molecule has 6 N–H and O–H groups in total. The molecule has 0 aliphatic heterocycles. The minimum absolute atomic E-state index is 0. The number of rotatable bonds is 6. The van der Waals surface area contributed by atoms with Crippen LogP contribution in [0.25, 0.3) is 0 Å². The van der Waals surface area contributed by atoms with Gasteiger partial charge in [0.2, 0.25) is 0 Å². The SMILES string of the molecule is CC(=[OH+])CC(C)=[OH+].CC(=[OH+])CC(C)=[OH+].CC(=[OH+])CC(C)=[OH+].[Lu]. The maximum atomic E-state index is 8.46. The first-order valence-electron chi connectivity index (χ1n) is 6.46. The third kappa shape index (κ3) is 50.7. The predicted octanol–water partition coefficient (Wildman–Crippen LogP) is 1.52. The average Bonchev–Trinajstić information content (AvgIpc) is 2.10. The van der Waals surface area contributed by atoms with Crippen LogP contribution < -0.4 is 0 Å². The van der Waals surface area contributed by atoms with Crippen LogP contribution in [0.15, 0.2) is 0 Å². The maximum Gasteiger partial charge on any atom is 0.302 e. The van der Waals surface area contributed by atoms with Gasteiger partial charge in [-0.2, -0.15) is 0 Å². The first kappa shape index (κ1) is 29.3. The molecule has 0 atom stereocenters. The molecule has 7 heteroatoms. The Morgan fingerprint density at radius 2 is 0.500 bits per heavy atom. The molecular formula is C15H30LuO6+6. The molecule has 0 aromatic heterocycles. The zero-order valence-corrected chi connectivity index (χ0v) is 15.7. The van der Waals surface area contributed by atoms with Crippen molar-refractivity contribution >= 4 is 34.7 Å². The van der Waals surface area contributed by atoms with Crippen LogP contribution in [0, 0.1) is 36.9 Å². The van der Waals surface area contributed by atoms with Gasteiger partial charge in [-0.3, -0.25) is 28.8 Å². The minimum atomic E-state index is 0. The van der Waals surface area contributed by atoms with E-state index in [1.807, 2.05) is 0 Å². The van der Waals surface area contributed by atoms with Crippen LogP contribution in [0.5, 0.6) is 0 Å². The van der Waals surface area contributed by atoms with Crippen molar-refractivity contribution in [3.63, 3.8) is 0 Å². The van der Waals surface area contributed by atoms with Gasteiger partial charge in [0.15, 0.2) is 19.3 Å². The largest absolute Gasteiger partial charge is 0.302 e. The van der Waals surface area contributed by atoms with E-state index in [1.54, 1.807) is 41.5 Å². The van der Waals surface area contributed by atoms with Gasteiger partial charge in [-0.25, -0.2) is 0 Å². The molecule has 0 fully saturated rings. The second-order valence-electron chi connectivity index (χ2n) is 4.94. The zero-order chi connectivity index (χ0) is 17.6. The smallest absolute Gasteiger partial charge is 0.283 e. The van der Waals surface area contributed by atoms with E-state index in [0.717, 1.165) is 0 Å². The van der Waals surface area contributed by atoms with Gasteiger partial charge in [-0.05, 0) is 0 Å². The average molecular weight is 481 g/mol. The molecular weight excluding hydrogens is 451 g/mol. The summed E-state index contributed by atoms with van der Waals surface area (Å²) in [4.78, 5) is 50.8. The Kier molecular flexibility index (Phi) is 24.4. The van der Waals surface area contributed by atoms with Crippen LogP contribution >= 0.6 is 0 Å². The van der Waals surface area contributed by atoms with Gasteiger partial charge in [0.1, 0.15) is 0 Å². The first-order chi connectivity index (χ1) is 9.38. The van der Waals surface area contributed by atoms with Crippen LogP contribution in [0.1, 0.15) is 60.8 Å². The molecule has 0 amide bonds. The van der Waals surface area contributed by atoms with Crippen molar-refractivity contribution in [2.45, 2.75) is 60.8 Å². The Bertz CT molecular complexity index is 314. The van der Waals surface area contributed by atoms with Crippen molar-refractivity contribution in [2.75, 3.05) is 0 Å². The molecule has 0 aliphatic carbocycles. The Morgan fingerprint density at radius 3 is 0.500 bits per heavy atom. The van der Waals surface area contributed by atoms with Gasteiger partial charge in [0.05, 0.1) is 0 Å². The number of hydrogen-bond donors (Lipinski definition) is 0. The summed E-state index contributed by atoms with van der Waals surface area (Å²) in [6.07, 6.45) is 0.917. The summed E-state index contributed by atoms with van der Waals surface area (Å²) in [6.45, 7) is 9.33. The standard InChI is InChI=1S/3C5H8O2.Lu/c3*1-4(6)3-5(2)7;/h3*3H2,1-2H3;/p+6. The molecule has 0 aromatic carbocycles. The Hall–Kier alpha value is -0.746. The molecule has 0 heterocycles. The second-order valence-corrected chi connectivity index (χ2v) is 4.94. The molecule has 6 nitrogen and oxygen atoms in total. The van der Waals surface area contributed by atoms with E-state index in [0.29, 0.717) is 19.3 Å². The van der Waals surface area contributed by atoms with Gasteiger partial charge in [0, 0.05) is 78.4 Å². The quantitative estimate of drug-likeness (QED) is 0.403. The van der Waals surface area contributed by atoms with Crippen LogP contribution in [0.2, 0.25) is 0 Å². The van der Waals surface area contributed by atoms with Crippen molar-refractivity contribution in [3.05, 3.63) is 0 Å². The van der Waals surface area contributed by atoms with Gasteiger partial charge < -0.3 is 0 Å². The van der Waals surface area contributed by atoms with Crippen molar-refractivity contribution in [1.29, 1.82) is 0 Å². The molecule has 0 bridgehead atoms. The van der Waals surface area contributed by atoms with Crippen molar-refractivity contribution in [3.8, 4) is 0 Å². The molecule has 0 spiro atoms. The van der Waals surface area contributed by atoms with Crippen LogP contribution in [-0.2, 0) is 0 Å². The number of ketones is 6. The summed E-state index contributed by atoms with van der Waals surface area (Å²) in [6, 6.07) is 0. The van der Waals surface area contributed by atoms with Crippen molar-refractivity contribution in [1.82, 2.24) is 0 Å². The van der Waals surface area contributed by atoms with E-state index < -0.39 is 0 Å². The summed E-state index contributed by atoms with van der Waals surface area (Å²) < 4.78 is 0. The van der Waals surface area contributed by atoms with Gasteiger partial charge in [0.25, 0.3) is 0 Å². The number of hydrogen-bond acceptors (Lipinski definition) is 0. The summed E-state index contributed by atoms with van der Waals surface area (Å²) in [5.41, 5.74) is 0. The normalized spacial score (nSPS) is 7.91. The summed E-state index contributed by atoms with van der Waals surface area (Å²) in [5.74, 6) is 1.50. The van der Waals surface area contributed by atoms with Crippen molar-refractivity contribution < 1.29 is 65.6 Å². The van der Waals surface area contributed by atoms with E-state index in [1.165, 1.54) is 0 Å². The second kappa shape index (κ2) is 18.3. The topological polar surface area (TPSA) is 128 Å². The fourth-order valence-electron chi connectivity index (χ4n) is 1.11. The molecule has 0 unspecified atom stereocenters. The summed E-state index contributed by atoms with van der Waals surface area (Å²) in [5, 5.41) is 0. The molecule has 0 saturated heterocycles. The van der Waals surface area contributed by atoms with Crippen LogP contribution in [-0.4, -0.2) is 63.5 Å². The molecule has 22 heavy (non-hydrogen) atoms. The zero-order valence-electron chi connectivity index (χ0n) is 14.1. The van der Waals surface area contributed by atoms with E-state index in [2.05, 4.69) is 0 Å². The number of carbonyl (C=O) groups excluding carboxylic acids is 6. The van der Waals surface area contributed by atoms with E-state index in [9.17, 15) is 0 Å². The first-order valence-corrected chi connectivity index (χ1v) is 6.46. The minimum Gasteiger partial charge on any atom is -0.283 e. The monoisotopic (exact) mass is 481 g/mol.